The number of hydrogen-bond donors (Lipinski definition) is 2. The van der Waals surface area contributed by atoms with Crippen LogP contribution in [0.4, 0.5) is 32.4 Å². The van der Waals surface area contributed by atoms with Crippen molar-refractivity contribution in [3.05, 3.63) is 81.2 Å². The minimum atomic E-state index is -2.46. The Bertz CT molecular complexity index is 2180. The van der Waals surface area contributed by atoms with Gasteiger partial charge in [0.2, 0.25) is 46.6 Å². The second-order valence-electron chi connectivity index (χ2n) is 15.9. The molecule has 2 aromatic rings. The molecule has 8 atom stereocenters. The minimum absolute atomic E-state index is 0.157. The topological polar surface area (TPSA) is 174 Å². The van der Waals surface area contributed by atoms with Crippen LogP contribution in [0.25, 0.3) is 0 Å². The van der Waals surface area contributed by atoms with Gasteiger partial charge < -0.3 is 38.6 Å². The van der Waals surface area contributed by atoms with Crippen LogP contribution in [0, 0.1) is 41.9 Å². The lowest BCUT2D eigenvalue weighted by Crippen LogP contribution is -2.63. The maximum Gasteiger partial charge on any atom is 0.409 e. The average Bonchev–Trinajstić information content (AvgIpc) is 3.92. The van der Waals surface area contributed by atoms with E-state index in [4.69, 9.17) is 30.5 Å². The number of carbonyl (C=O) groups is 5. The number of fused-ring (bicyclic) bond motifs is 5. The standard InChI is InChI=1S/C42H47ClF5N3O11/c1-19-10-9-11-26(58-8)42(57)18-25(59-40(56)49-42)21(3)38-41(5,62-38)27(17-29(53)51(7)24-16-23(14-19)15-20(2)31(24)43)60-39(55)22(4)50(6)28(52)12-13-30(54)61-37-35(47)33(45)32(44)34(46)36(37)48/h9-11,15-16,21-22,25-27,38,57H,12-14,17-18H2,1-8H3,(H,49,56)/b11-9+,19-10+/t21-,22+,25+,26-,27+,38?,41+,42-/m1/s1. The van der Waals surface area contributed by atoms with Gasteiger partial charge in [-0.15, -0.1) is 0 Å². The zero-order valence-corrected chi connectivity index (χ0v) is 35.8. The highest BCUT2D eigenvalue weighted by Crippen LogP contribution is 2.49. The molecule has 20 heteroatoms. The number of benzene rings is 2. The highest BCUT2D eigenvalue weighted by Gasteiger charge is 2.64. The number of alkyl carbamates (subject to hydrolysis) is 1. The number of hydrogen-bond acceptors (Lipinski definition) is 11. The average molecular weight is 900 g/mol. The number of anilines is 1. The summed E-state index contributed by atoms with van der Waals surface area (Å²) in [4.78, 5) is 68.5. The third-order valence-electron chi connectivity index (χ3n) is 11.4. The number of aryl methyl sites for hydroxylation is 1. The van der Waals surface area contributed by atoms with Crippen LogP contribution in [0.2, 0.25) is 5.02 Å². The van der Waals surface area contributed by atoms with E-state index in [0.717, 1.165) is 16.0 Å². The van der Waals surface area contributed by atoms with Gasteiger partial charge in [-0.3, -0.25) is 19.7 Å². The molecule has 3 heterocycles. The number of esters is 2. The first kappa shape index (κ1) is 47.9. The first-order chi connectivity index (χ1) is 28.9. The van der Waals surface area contributed by atoms with E-state index >= 15 is 0 Å². The Morgan fingerprint density at radius 3 is 2.32 bits per heavy atom. The van der Waals surface area contributed by atoms with Crippen LogP contribution in [0.15, 0.2) is 35.9 Å². The second kappa shape index (κ2) is 18.7. The van der Waals surface area contributed by atoms with Gasteiger partial charge in [-0.1, -0.05) is 48.4 Å². The van der Waals surface area contributed by atoms with Gasteiger partial charge in [0.15, 0.2) is 5.72 Å². The van der Waals surface area contributed by atoms with Crippen molar-refractivity contribution in [3.63, 3.8) is 0 Å². The van der Waals surface area contributed by atoms with Crippen molar-refractivity contribution in [3.8, 4) is 5.75 Å². The van der Waals surface area contributed by atoms with Gasteiger partial charge in [0.05, 0.1) is 29.7 Å². The van der Waals surface area contributed by atoms with Gasteiger partial charge >= 0.3 is 18.0 Å². The Labute approximate surface area is 358 Å². The molecule has 1 unspecified atom stereocenters. The number of amides is 3. The zero-order valence-electron chi connectivity index (χ0n) is 35.1. The van der Waals surface area contributed by atoms with Gasteiger partial charge in [0.25, 0.3) is 0 Å². The predicted octanol–water partition coefficient (Wildman–Crippen LogP) is 5.90. The molecule has 2 aromatic carbocycles. The van der Waals surface area contributed by atoms with Crippen LogP contribution in [-0.4, -0.2) is 103 Å². The molecule has 3 amide bonds. The molecule has 2 N–H and O–H groups in total. The number of allylic oxidation sites excluding steroid dienone is 3. The Morgan fingerprint density at radius 2 is 1.69 bits per heavy atom. The molecular weight excluding hydrogens is 853 g/mol. The normalized spacial score (nSPS) is 28.3. The molecule has 0 spiro atoms. The number of carbonyl (C=O) groups excluding carboxylic acids is 5. The van der Waals surface area contributed by atoms with E-state index in [2.05, 4.69) is 10.1 Å². The fourth-order valence-corrected chi connectivity index (χ4v) is 7.72. The summed E-state index contributed by atoms with van der Waals surface area (Å²) < 4.78 is 96.3. The highest BCUT2D eigenvalue weighted by atomic mass is 35.5. The van der Waals surface area contributed by atoms with E-state index < -0.39 is 132 Å². The van der Waals surface area contributed by atoms with Crippen molar-refractivity contribution in [1.82, 2.24) is 10.2 Å². The van der Waals surface area contributed by atoms with Crippen molar-refractivity contribution in [2.45, 2.75) is 109 Å². The summed E-state index contributed by atoms with van der Waals surface area (Å²) in [7, 11) is 4.05. The Kier molecular flexibility index (Phi) is 14.5. The summed E-state index contributed by atoms with van der Waals surface area (Å²) in [5, 5.41) is 14.5. The van der Waals surface area contributed by atoms with Gasteiger partial charge in [-0.25, -0.2) is 22.8 Å². The molecule has 2 fully saturated rings. The quantitative estimate of drug-likeness (QED) is 0.0808. The molecule has 338 valence electrons. The largest absolute Gasteiger partial charge is 0.457 e. The summed E-state index contributed by atoms with van der Waals surface area (Å²) in [6.45, 7) is 8.22. The SMILES string of the molecule is CO[C@@H]1/C=C/C=C(\C)Cc2cc(C)c(Cl)c(c2)N(C)C(=O)C[C@H](OC(=O)[C@H](C)N(C)C(=O)CCC(=O)Oc2c(F)c(F)c(F)c(F)c2F)[C@]2(C)OC2[C@H](C)[C@@H]2C[C@]1(O)NC(=O)O2. The predicted molar refractivity (Wildman–Crippen MR) is 210 cm³/mol. The highest BCUT2D eigenvalue weighted by molar-refractivity contribution is 6.34. The number of epoxide rings is 1. The zero-order chi connectivity index (χ0) is 46.2. The number of ether oxygens (including phenoxy) is 5. The fourth-order valence-electron chi connectivity index (χ4n) is 7.48. The molecule has 14 nitrogen and oxygen atoms in total. The van der Waals surface area contributed by atoms with E-state index in [9.17, 15) is 51.0 Å². The Hall–Kier alpha value is -5.11. The molecule has 3 aliphatic heterocycles. The number of likely N-dealkylation sites (N-methyl/N-ethyl adjacent to an activating group) is 1. The molecule has 2 saturated heterocycles. The number of nitrogens with one attached hydrogen (secondary N) is 1. The van der Waals surface area contributed by atoms with Crippen molar-refractivity contribution in [1.29, 1.82) is 0 Å². The van der Waals surface area contributed by atoms with Crippen LogP contribution >= 0.6 is 11.6 Å². The lowest BCUT2D eigenvalue weighted by Gasteiger charge is -2.42. The smallest absolute Gasteiger partial charge is 0.409 e. The maximum absolute atomic E-state index is 14.1. The van der Waals surface area contributed by atoms with E-state index in [-0.39, 0.29) is 6.42 Å². The van der Waals surface area contributed by atoms with Crippen LogP contribution in [0.5, 0.6) is 5.75 Å². The van der Waals surface area contributed by atoms with Crippen LogP contribution < -0.4 is 15.0 Å². The number of rotatable bonds is 8. The monoisotopic (exact) mass is 899 g/mol. The van der Waals surface area contributed by atoms with Crippen LogP contribution in [-0.2, 0) is 44.5 Å². The summed E-state index contributed by atoms with van der Waals surface area (Å²) in [5.74, 6) is -18.4. The Morgan fingerprint density at radius 1 is 1.06 bits per heavy atom. The lowest BCUT2D eigenvalue weighted by molar-refractivity contribution is -0.162. The molecule has 4 bridgehead atoms. The van der Waals surface area contributed by atoms with Crippen molar-refractivity contribution >= 4 is 47.1 Å². The van der Waals surface area contributed by atoms with Crippen LogP contribution in [0.1, 0.15) is 64.5 Å². The van der Waals surface area contributed by atoms with Crippen molar-refractivity contribution < 1.29 is 74.7 Å². The minimum Gasteiger partial charge on any atom is -0.457 e. The molecule has 5 rings (SSSR count). The van der Waals surface area contributed by atoms with Gasteiger partial charge in [0, 0.05) is 40.0 Å². The number of methoxy groups -OCH3 is 1. The second-order valence-corrected chi connectivity index (χ2v) is 16.3. The third-order valence-corrected chi connectivity index (χ3v) is 11.9. The number of nitrogens with zero attached hydrogens (tertiary/aromatic N) is 2. The summed E-state index contributed by atoms with van der Waals surface area (Å²) >= 11 is 6.73. The first-order valence-electron chi connectivity index (χ1n) is 19.4. The third kappa shape index (κ3) is 9.90. The number of halogens is 6. The maximum atomic E-state index is 14.1. The molecule has 0 radical (unpaired) electrons. The van der Waals surface area contributed by atoms with Crippen molar-refractivity contribution in [2.75, 3.05) is 26.1 Å². The fraction of sp³-hybridized carbons (Fsp3) is 0.500. The lowest BCUT2D eigenvalue weighted by atomic mass is 9.83. The van der Waals surface area contributed by atoms with Crippen molar-refractivity contribution in [2.24, 2.45) is 5.92 Å². The van der Waals surface area contributed by atoms with Gasteiger partial charge in [-0.2, -0.15) is 8.78 Å². The van der Waals surface area contributed by atoms with E-state index in [1.807, 2.05) is 19.1 Å². The summed E-state index contributed by atoms with van der Waals surface area (Å²) in [6, 6.07) is 2.24. The first-order valence-corrected chi connectivity index (χ1v) is 19.8. The summed E-state index contributed by atoms with van der Waals surface area (Å²) in [5.41, 5.74) is -0.568. The van der Waals surface area contributed by atoms with E-state index in [1.54, 1.807) is 39.0 Å². The Balaban J connectivity index is 1.40. The molecule has 0 saturated carbocycles. The number of aliphatic hydroxyl groups is 1. The molecule has 0 aliphatic carbocycles. The molecular formula is C42H47ClF5N3O11. The molecule has 0 aromatic heterocycles. The molecule has 62 heavy (non-hydrogen) atoms. The van der Waals surface area contributed by atoms with E-state index in [0.29, 0.717) is 22.7 Å². The van der Waals surface area contributed by atoms with Gasteiger partial charge in [-0.05, 0) is 51.3 Å². The van der Waals surface area contributed by atoms with Crippen LogP contribution in [0.3, 0.4) is 0 Å². The van der Waals surface area contributed by atoms with E-state index in [1.165, 1.54) is 33.0 Å². The van der Waals surface area contributed by atoms with Gasteiger partial charge in [0.1, 0.15) is 30.0 Å². The molecule has 3 aliphatic rings. The summed E-state index contributed by atoms with van der Waals surface area (Å²) in [6.07, 6.45) is -1.78.